The van der Waals surface area contributed by atoms with Crippen molar-refractivity contribution >= 4 is 0 Å². The molecule has 0 radical (unpaired) electrons. The molecule has 0 aromatic carbocycles. The highest BCUT2D eigenvalue weighted by atomic mass is 16.7. The fourth-order valence-electron chi connectivity index (χ4n) is 2.12. The van der Waals surface area contributed by atoms with Crippen LogP contribution < -0.4 is 4.74 Å². The maximum absolute atomic E-state index is 5.76. The van der Waals surface area contributed by atoms with Gasteiger partial charge < -0.3 is 14.2 Å². The topological polar surface area (TPSA) is 40.6 Å². The van der Waals surface area contributed by atoms with E-state index in [2.05, 4.69) is 4.98 Å². The van der Waals surface area contributed by atoms with Crippen molar-refractivity contribution in [1.82, 2.24) is 4.98 Å². The molecule has 1 saturated carbocycles. The molecule has 0 unspecified atom stereocenters. The summed E-state index contributed by atoms with van der Waals surface area (Å²) in [6.07, 6.45) is 4.01. The largest absolute Gasteiger partial charge is 0.488 e. The molecule has 0 atom stereocenters. The van der Waals surface area contributed by atoms with Crippen LogP contribution in [0.3, 0.4) is 0 Å². The van der Waals surface area contributed by atoms with Crippen LogP contribution in [0.25, 0.3) is 0 Å². The lowest BCUT2D eigenvalue weighted by Crippen LogP contribution is -2.36. The SMILES string of the molecule is Cc1nccc(OCC2OCC3(CC3)CO2)c1C. The van der Waals surface area contributed by atoms with E-state index in [0.29, 0.717) is 12.0 Å². The van der Waals surface area contributed by atoms with Crippen molar-refractivity contribution in [2.24, 2.45) is 5.41 Å². The van der Waals surface area contributed by atoms with Crippen molar-refractivity contribution in [3.05, 3.63) is 23.5 Å². The van der Waals surface area contributed by atoms with Crippen LogP contribution >= 0.6 is 0 Å². The van der Waals surface area contributed by atoms with E-state index in [0.717, 1.165) is 30.2 Å². The van der Waals surface area contributed by atoms with Gasteiger partial charge in [-0.3, -0.25) is 4.98 Å². The molecule has 4 nitrogen and oxygen atoms in total. The first kappa shape index (κ1) is 11.9. The van der Waals surface area contributed by atoms with Crippen molar-refractivity contribution in [1.29, 1.82) is 0 Å². The second kappa shape index (κ2) is 4.52. The van der Waals surface area contributed by atoms with Gasteiger partial charge in [-0.15, -0.1) is 0 Å². The first-order chi connectivity index (χ1) is 8.69. The lowest BCUT2D eigenvalue weighted by atomic mass is 10.1. The molecule has 98 valence electrons. The summed E-state index contributed by atoms with van der Waals surface area (Å²) < 4.78 is 17.1. The number of ether oxygens (including phenoxy) is 3. The van der Waals surface area contributed by atoms with E-state index < -0.39 is 0 Å². The van der Waals surface area contributed by atoms with Crippen molar-refractivity contribution in [3.63, 3.8) is 0 Å². The Morgan fingerprint density at radius 3 is 2.72 bits per heavy atom. The van der Waals surface area contributed by atoms with Gasteiger partial charge in [0.15, 0.2) is 6.29 Å². The highest BCUT2D eigenvalue weighted by Crippen LogP contribution is 2.48. The van der Waals surface area contributed by atoms with Crippen molar-refractivity contribution < 1.29 is 14.2 Å². The van der Waals surface area contributed by atoms with Crippen LogP contribution in [-0.2, 0) is 9.47 Å². The van der Waals surface area contributed by atoms with E-state index in [1.54, 1.807) is 6.20 Å². The van der Waals surface area contributed by atoms with Crippen molar-refractivity contribution in [2.75, 3.05) is 19.8 Å². The average Bonchev–Trinajstić information content (AvgIpc) is 3.13. The van der Waals surface area contributed by atoms with Gasteiger partial charge in [0.2, 0.25) is 0 Å². The lowest BCUT2D eigenvalue weighted by Gasteiger charge is -2.29. The standard InChI is InChI=1S/C14H19NO3/c1-10-11(2)15-6-3-12(10)16-7-13-17-8-14(4-5-14)9-18-13/h3,6,13H,4-5,7-9H2,1-2H3. The molecular formula is C14H19NO3. The third-order valence-corrected chi connectivity index (χ3v) is 3.89. The molecule has 0 N–H and O–H groups in total. The summed E-state index contributed by atoms with van der Waals surface area (Å²) in [6, 6.07) is 1.88. The molecule has 2 heterocycles. The Hall–Kier alpha value is -1.13. The maximum Gasteiger partial charge on any atom is 0.191 e. The second-order valence-electron chi connectivity index (χ2n) is 5.38. The normalized spacial score (nSPS) is 22.1. The Bertz CT molecular complexity index is 433. The van der Waals surface area contributed by atoms with Crippen LogP contribution in [0.15, 0.2) is 12.3 Å². The van der Waals surface area contributed by atoms with E-state index >= 15 is 0 Å². The van der Waals surface area contributed by atoms with Gasteiger partial charge in [-0.05, 0) is 32.8 Å². The minimum atomic E-state index is -0.232. The number of aryl methyl sites for hydroxylation is 1. The number of hydrogen-bond donors (Lipinski definition) is 0. The summed E-state index contributed by atoms with van der Waals surface area (Å²) in [5, 5.41) is 0. The van der Waals surface area contributed by atoms with Gasteiger partial charge in [0, 0.05) is 22.9 Å². The molecule has 1 aromatic heterocycles. The Kier molecular flexibility index (Phi) is 2.99. The highest BCUT2D eigenvalue weighted by Gasteiger charge is 2.47. The summed E-state index contributed by atoms with van der Waals surface area (Å²) in [5.74, 6) is 0.862. The molecule has 4 heteroatoms. The van der Waals surface area contributed by atoms with Gasteiger partial charge >= 0.3 is 0 Å². The van der Waals surface area contributed by atoms with Crippen LogP contribution in [0.1, 0.15) is 24.1 Å². The first-order valence-electron chi connectivity index (χ1n) is 6.47. The fourth-order valence-corrected chi connectivity index (χ4v) is 2.12. The van der Waals surface area contributed by atoms with Crippen molar-refractivity contribution in [2.45, 2.75) is 33.0 Å². The van der Waals surface area contributed by atoms with Crippen molar-refractivity contribution in [3.8, 4) is 5.75 Å². The van der Waals surface area contributed by atoms with E-state index in [-0.39, 0.29) is 6.29 Å². The minimum Gasteiger partial charge on any atom is -0.488 e. The Morgan fingerprint density at radius 2 is 2.06 bits per heavy atom. The number of pyridine rings is 1. The summed E-state index contributed by atoms with van der Waals surface area (Å²) in [6.45, 7) is 6.07. The minimum absolute atomic E-state index is 0.232. The average molecular weight is 249 g/mol. The fraction of sp³-hybridized carbons (Fsp3) is 0.643. The molecule has 1 aromatic rings. The maximum atomic E-state index is 5.76. The molecular weight excluding hydrogens is 230 g/mol. The smallest absolute Gasteiger partial charge is 0.191 e. The summed E-state index contributed by atoms with van der Waals surface area (Å²) in [7, 11) is 0. The molecule has 0 amide bonds. The zero-order chi connectivity index (χ0) is 12.6. The second-order valence-corrected chi connectivity index (χ2v) is 5.38. The molecule has 1 aliphatic heterocycles. The van der Waals surface area contributed by atoms with E-state index in [4.69, 9.17) is 14.2 Å². The molecule has 1 saturated heterocycles. The number of rotatable bonds is 3. The summed E-state index contributed by atoms with van der Waals surface area (Å²) in [4.78, 5) is 4.22. The predicted octanol–water partition coefficient (Wildman–Crippen LogP) is 2.23. The Balaban J connectivity index is 1.53. The molecule has 2 aliphatic rings. The summed E-state index contributed by atoms with van der Waals surface area (Å²) >= 11 is 0. The zero-order valence-corrected chi connectivity index (χ0v) is 10.9. The third kappa shape index (κ3) is 2.35. The molecule has 0 bridgehead atoms. The molecule has 2 fully saturated rings. The monoisotopic (exact) mass is 249 g/mol. The lowest BCUT2D eigenvalue weighted by molar-refractivity contribution is -0.217. The van der Waals surface area contributed by atoms with Gasteiger partial charge in [-0.2, -0.15) is 0 Å². The van der Waals surface area contributed by atoms with E-state index in [1.807, 2.05) is 19.9 Å². The van der Waals surface area contributed by atoms with Crippen LogP contribution in [0, 0.1) is 19.3 Å². The van der Waals surface area contributed by atoms with Gasteiger partial charge in [0.25, 0.3) is 0 Å². The molecule has 1 spiro atoms. The van der Waals surface area contributed by atoms with Gasteiger partial charge in [-0.1, -0.05) is 0 Å². The highest BCUT2D eigenvalue weighted by molar-refractivity contribution is 5.33. The third-order valence-electron chi connectivity index (χ3n) is 3.89. The van der Waals surface area contributed by atoms with E-state index in [9.17, 15) is 0 Å². The van der Waals surface area contributed by atoms with Crippen LogP contribution in [0.2, 0.25) is 0 Å². The van der Waals surface area contributed by atoms with Gasteiger partial charge in [-0.25, -0.2) is 0 Å². The predicted molar refractivity (Wildman–Crippen MR) is 66.6 cm³/mol. The van der Waals surface area contributed by atoms with E-state index in [1.165, 1.54) is 12.8 Å². The van der Waals surface area contributed by atoms with Gasteiger partial charge in [0.1, 0.15) is 12.4 Å². The van der Waals surface area contributed by atoms with Crippen LogP contribution in [0.4, 0.5) is 0 Å². The number of hydrogen-bond acceptors (Lipinski definition) is 4. The molecule has 1 aliphatic carbocycles. The van der Waals surface area contributed by atoms with Crippen LogP contribution in [0.5, 0.6) is 5.75 Å². The summed E-state index contributed by atoms with van der Waals surface area (Å²) in [5.41, 5.74) is 2.42. The number of aromatic nitrogens is 1. The Labute approximate surface area is 107 Å². The first-order valence-corrected chi connectivity index (χ1v) is 6.47. The number of nitrogens with zero attached hydrogens (tertiary/aromatic N) is 1. The molecule has 3 rings (SSSR count). The Morgan fingerprint density at radius 1 is 1.33 bits per heavy atom. The van der Waals surface area contributed by atoms with Gasteiger partial charge in [0.05, 0.1) is 13.2 Å². The molecule has 18 heavy (non-hydrogen) atoms. The quantitative estimate of drug-likeness (QED) is 0.823. The van der Waals surface area contributed by atoms with Crippen LogP contribution in [-0.4, -0.2) is 31.1 Å². The zero-order valence-electron chi connectivity index (χ0n) is 10.9.